The summed E-state index contributed by atoms with van der Waals surface area (Å²) in [4.78, 5) is 12.0. The smallest absolute Gasteiger partial charge is 0.291 e. The van der Waals surface area contributed by atoms with Crippen LogP contribution in [0.5, 0.6) is 0 Å². The maximum absolute atomic E-state index is 10.9. The van der Waals surface area contributed by atoms with E-state index in [1.165, 1.54) is 0 Å². The number of aliphatic carboxylic acids is 1. The molecule has 0 aliphatic heterocycles. The average Bonchev–Trinajstić information content (AvgIpc) is 2.13. The van der Waals surface area contributed by atoms with E-state index < -0.39 is 27.9 Å². The van der Waals surface area contributed by atoms with Gasteiger partial charge in [0.05, 0.1) is 39.2 Å². The SMILES string of the molecule is [B]C(N([B])C(C)(C)C)C([B])([B])C([B])([B])C(=O)O. The molecule has 0 bridgehead atoms. The van der Waals surface area contributed by atoms with Gasteiger partial charge in [0.2, 0.25) is 0 Å². The summed E-state index contributed by atoms with van der Waals surface area (Å²) in [5.74, 6) is -2.81. The fourth-order valence-electron chi connectivity index (χ4n) is 1.08. The van der Waals surface area contributed by atoms with Gasteiger partial charge in [0.1, 0.15) is 0 Å². The highest BCUT2D eigenvalue weighted by molar-refractivity contribution is 6.62. The number of hydrogen-bond acceptors (Lipinski definition) is 2. The molecule has 3 nitrogen and oxygen atoms in total. The molecule has 0 aliphatic carbocycles. The largest absolute Gasteiger partial charge is 0.482 e. The van der Waals surface area contributed by atoms with E-state index in [2.05, 4.69) is 0 Å². The van der Waals surface area contributed by atoms with Gasteiger partial charge in [0.15, 0.2) is 7.98 Å². The summed E-state index contributed by atoms with van der Waals surface area (Å²) < 4.78 is 0. The van der Waals surface area contributed by atoms with Crippen LogP contribution < -0.4 is 0 Å². The van der Waals surface area contributed by atoms with Crippen LogP contribution in [0.2, 0.25) is 10.4 Å². The summed E-state index contributed by atoms with van der Waals surface area (Å²) in [5.41, 5.74) is -0.585. The lowest BCUT2D eigenvalue weighted by atomic mass is 9.26. The highest BCUT2D eigenvalue weighted by Crippen LogP contribution is 2.46. The number of hydrogen-bond donors (Lipinski definition) is 1. The highest BCUT2D eigenvalue weighted by Gasteiger charge is 2.45. The van der Waals surface area contributed by atoms with E-state index in [-0.39, 0.29) is 0 Å². The Balaban J connectivity index is 5.27. The van der Waals surface area contributed by atoms with Crippen molar-refractivity contribution < 1.29 is 9.90 Å². The third-order valence-electron chi connectivity index (χ3n) is 2.63. The van der Waals surface area contributed by atoms with Crippen molar-refractivity contribution in [1.82, 2.24) is 4.81 Å². The van der Waals surface area contributed by atoms with Crippen molar-refractivity contribution in [2.75, 3.05) is 0 Å². The first-order valence-electron chi connectivity index (χ1n) is 4.94. The quantitative estimate of drug-likeness (QED) is 0.593. The van der Waals surface area contributed by atoms with Crippen LogP contribution >= 0.6 is 0 Å². The maximum atomic E-state index is 10.9. The van der Waals surface area contributed by atoms with Crippen molar-refractivity contribution in [1.29, 1.82) is 0 Å². The molecule has 1 N–H and O–H groups in total. The second kappa shape index (κ2) is 4.83. The first-order valence-corrected chi connectivity index (χ1v) is 4.94. The van der Waals surface area contributed by atoms with Crippen molar-refractivity contribution in [3.63, 3.8) is 0 Å². The Morgan fingerprint density at radius 1 is 1.18 bits per heavy atom. The zero-order valence-corrected chi connectivity index (χ0v) is 10.3. The van der Waals surface area contributed by atoms with Crippen LogP contribution in [0.4, 0.5) is 0 Å². The topological polar surface area (TPSA) is 40.5 Å². The van der Waals surface area contributed by atoms with Crippen LogP contribution in [0.25, 0.3) is 0 Å². The number of rotatable bonds is 4. The molecule has 9 heteroatoms. The van der Waals surface area contributed by atoms with Crippen molar-refractivity contribution in [2.24, 2.45) is 0 Å². The molecule has 12 radical (unpaired) electrons. The molecular formula is C8H11B6NO2. The normalized spacial score (nSPS) is 15.8. The maximum Gasteiger partial charge on any atom is 0.291 e. The Labute approximate surface area is 111 Å². The fourth-order valence-corrected chi connectivity index (χ4v) is 1.08. The molecule has 0 rings (SSSR count). The molecule has 0 saturated carbocycles. The van der Waals surface area contributed by atoms with Gasteiger partial charge in [-0.1, -0.05) is 11.2 Å². The predicted octanol–water partition coefficient (Wildman–Crippen LogP) is -1.34. The van der Waals surface area contributed by atoms with Gasteiger partial charge in [-0.25, -0.2) is 0 Å². The van der Waals surface area contributed by atoms with Crippen molar-refractivity contribution >= 4 is 53.2 Å². The molecule has 0 aliphatic rings. The lowest BCUT2D eigenvalue weighted by molar-refractivity contribution is -0.138. The Morgan fingerprint density at radius 2 is 1.53 bits per heavy atom. The molecule has 0 aromatic heterocycles. The number of carboxylic acid groups (broad SMARTS) is 1. The number of carbonyl (C=O) groups is 1. The lowest BCUT2D eigenvalue weighted by Gasteiger charge is -2.53. The van der Waals surface area contributed by atoms with Gasteiger partial charge in [-0.2, -0.15) is 0 Å². The molecule has 0 aromatic rings. The summed E-state index contributed by atoms with van der Waals surface area (Å²) in [6, 6.07) is 0. The molecule has 1 atom stereocenters. The van der Waals surface area contributed by atoms with Crippen LogP contribution in [0.3, 0.4) is 0 Å². The van der Waals surface area contributed by atoms with Gasteiger partial charge in [-0.3, -0.25) is 4.79 Å². The van der Waals surface area contributed by atoms with Crippen molar-refractivity contribution in [2.45, 2.75) is 42.7 Å². The minimum Gasteiger partial charge on any atom is -0.482 e. The molecule has 1 unspecified atom stereocenters. The van der Waals surface area contributed by atoms with E-state index in [1.54, 1.807) is 20.8 Å². The first kappa shape index (κ1) is 16.8. The van der Waals surface area contributed by atoms with Crippen LogP contribution in [0.1, 0.15) is 20.8 Å². The third-order valence-corrected chi connectivity index (χ3v) is 2.63. The zero-order chi connectivity index (χ0) is 14.2. The van der Waals surface area contributed by atoms with Crippen molar-refractivity contribution in [3.05, 3.63) is 0 Å². The van der Waals surface area contributed by atoms with Crippen molar-refractivity contribution in [3.8, 4) is 0 Å². The minimum atomic E-state index is -2.41. The second-order valence-electron chi connectivity index (χ2n) is 5.13. The van der Waals surface area contributed by atoms with Crippen LogP contribution in [-0.2, 0) is 4.79 Å². The molecular weight excluding hydrogens is 207 g/mol. The molecule has 0 spiro atoms. The van der Waals surface area contributed by atoms with E-state index in [4.69, 9.17) is 52.3 Å². The molecule has 0 saturated heterocycles. The Hall–Kier alpha value is -0.180. The van der Waals surface area contributed by atoms with Gasteiger partial charge >= 0.3 is 0 Å². The Kier molecular flexibility index (Phi) is 4.78. The summed E-state index contributed by atoms with van der Waals surface area (Å²) in [6.45, 7) is 5.25. The third kappa shape index (κ3) is 3.18. The predicted molar refractivity (Wildman–Crippen MR) is 72.9 cm³/mol. The highest BCUT2D eigenvalue weighted by atomic mass is 16.4. The zero-order valence-electron chi connectivity index (χ0n) is 10.3. The van der Waals surface area contributed by atoms with E-state index in [9.17, 15) is 4.79 Å². The summed E-state index contributed by atoms with van der Waals surface area (Å²) in [7, 11) is 33.5. The summed E-state index contributed by atoms with van der Waals surface area (Å²) >= 11 is 0. The van der Waals surface area contributed by atoms with Crippen LogP contribution in [0, 0.1) is 0 Å². The fraction of sp³-hybridized carbons (Fsp3) is 0.875. The summed E-state index contributed by atoms with van der Waals surface area (Å²) in [5, 5.41) is 4.37. The number of nitrogens with zero attached hydrogens (tertiary/aromatic N) is 1. The molecule has 78 valence electrons. The van der Waals surface area contributed by atoms with Gasteiger partial charge < -0.3 is 9.92 Å². The van der Waals surface area contributed by atoms with Gasteiger partial charge in [0, 0.05) is 5.54 Å². The molecule has 0 fully saturated rings. The van der Waals surface area contributed by atoms with Crippen LogP contribution in [0.15, 0.2) is 0 Å². The molecule has 17 heavy (non-hydrogen) atoms. The lowest BCUT2D eigenvalue weighted by Crippen LogP contribution is -2.57. The number of carboxylic acids is 1. The Bertz CT molecular complexity index is 301. The van der Waals surface area contributed by atoms with E-state index in [0.717, 1.165) is 4.81 Å². The average molecular weight is 218 g/mol. The Morgan fingerprint density at radius 3 is 1.76 bits per heavy atom. The van der Waals surface area contributed by atoms with Gasteiger partial charge in [0.25, 0.3) is 5.97 Å². The van der Waals surface area contributed by atoms with Crippen LogP contribution in [-0.4, -0.2) is 74.6 Å². The van der Waals surface area contributed by atoms with Gasteiger partial charge in [-0.05, 0) is 26.0 Å². The second-order valence-corrected chi connectivity index (χ2v) is 5.13. The molecule has 0 amide bonds. The minimum absolute atomic E-state index is 0.585. The molecule has 0 heterocycles. The van der Waals surface area contributed by atoms with E-state index in [0.29, 0.717) is 0 Å². The van der Waals surface area contributed by atoms with E-state index >= 15 is 0 Å². The van der Waals surface area contributed by atoms with Gasteiger partial charge in [-0.15, -0.1) is 0 Å². The molecule has 0 aromatic carbocycles. The monoisotopic (exact) mass is 219 g/mol. The standard InChI is InChI=1S/C8H11B6NO2/c1-6(2,3)15(14)4(9)7(10,11)8(12,13)5(16)17/h4H,1-3H3,(H,16,17). The van der Waals surface area contributed by atoms with E-state index in [1.807, 2.05) is 0 Å². The first-order chi connectivity index (χ1) is 7.26. The summed E-state index contributed by atoms with van der Waals surface area (Å²) in [6.07, 6.45) is 0.